The lowest BCUT2D eigenvalue weighted by Gasteiger charge is -2.08. The van der Waals surface area contributed by atoms with Crippen LogP contribution in [0.15, 0.2) is 12.1 Å². The number of carbonyl (C=O) groups excluding carboxylic acids is 1. The van der Waals surface area contributed by atoms with E-state index in [1.807, 2.05) is 6.07 Å². The van der Waals surface area contributed by atoms with Crippen LogP contribution in [0, 0.1) is 23.1 Å². The molecule has 1 aliphatic rings. The van der Waals surface area contributed by atoms with Gasteiger partial charge in [-0.25, -0.2) is 4.39 Å². The van der Waals surface area contributed by atoms with E-state index in [0.29, 0.717) is 6.42 Å². The first-order valence-corrected chi connectivity index (χ1v) is 5.16. The zero-order valence-corrected chi connectivity index (χ0v) is 9.24. The van der Waals surface area contributed by atoms with Crippen LogP contribution in [0.2, 0.25) is 0 Å². The van der Waals surface area contributed by atoms with E-state index in [1.165, 1.54) is 19.2 Å². The lowest BCUT2D eigenvalue weighted by atomic mass is 10.0. The SMILES string of the molecule is COc1ccc(C#N)c(C2CC2C(N)=O)c1F. The van der Waals surface area contributed by atoms with Gasteiger partial charge < -0.3 is 10.5 Å². The monoisotopic (exact) mass is 234 g/mol. The van der Waals surface area contributed by atoms with Crippen LogP contribution in [0.25, 0.3) is 0 Å². The smallest absolute Gasteiger partial charge is 0.221 e. The maximum atomic E-state index is 14.0. The second-order valence-corrected chi connectivity index (χ2v) is 4.01. The van der Waals surface area contributed by atoms with E-state index >= 15 is 0 Å². The van der Waals surface area contributed by atoms with E-state index in [4.69, 9.17) is 15.7 Å². The molecule has 0 saturated heterocycles. The minimum Gasteiger partial charge on any atom is -0.494 e. The fourth-order valence-electron chi connectivity index (χ4n) is 2.02. The molecule has 0 aliphatic heterocycles. The zero-order valence-electron chi connectivity index (χ0n) is 9.24. The molecule has 1 aromatic rings. The fraction of sp³-hybridized carbons (Fsp3) is 0.333. The van der Waals surface area contributed by atoms with Crippen LogP contribution >= 0.6 is 0 Å². The van der Waals surface area contributed by atoms with Crippen molar-refractivity contribution in [1.29, 1.82) is 5.26 Å². The average molecular weight is 234 g/mol. The molecule has 1 fully saturated rings. The molecule has 1 amide bonds. The highest BCUT2D eigenvalue weighted by Crippen LogP contribution is 2.50. The standard InChI is InChI=1S/C12H11FN2O2/c1-17-9-3-2-6(5-14)10(11(9)13)7-4-8(7)12(15)16/h2-3,7-8H,4H2,1H3,(H2,15,16). The highest BCUT2D eigenvalue weighted by atomic mass is 19.1. The Morgan fingerprint density at radius 1 is 1.65 bits per heavy atom. The van der Waals surface area contributed by atoms with Crippen LogP contribution in [0.5, 0.6) is 5.75 Å². The van der Waals surface area contributed by atoms with E-state index in [9.17, 15) is 9.18 Å². The Morgan fingerprint density at radius 3 is 2.82 bits per heavy atom. The average Bonchev–Trinajstić information content (AvgIpc) is 3.08. The van der Waals surface area contributed by atoms with Gasteiger partial charge in [-0.2, -0.15) is 5.26 Å². The molecular weight excluding hydrogens is 223 g/mol. The first-order valence-electron chi connectivity index (χ1n) is 5.16. The van der Waals surface area contributed by atoms with Crippen molar-refractivity contribution in [2.45, 2.75) is 12.3 Å². The van der Waals surface area contributed by atoms with Crippen molar-refractivity contribution < 1.29 is 13.9 Å². The summed E-state index contributed by atoms with van der Waals surface area (Å²) in [5.74, 6) is -1.61. The third-order valence-corrected chi connectivity index (χ3v) is 3.01. The summed E-state index contributed by atoms with van der Waals surface area (Å²) < 4.78 is 18.9. The number of hydrogen-bond acceptors (Lipinski definition) is 3. The molecule has 17 heavy (non-hydrogen) atoms. The Morgan fingerprint density at radius 2 is 2.35 bits per heavy atom. The van der Waals surface area contributed by atoms with Crippen LogP contribution in [0.4, 0.5) is 4.39 Å². The van der Waals surface area contributed by atoms with Crippen molar-refractivity contribution in [3.63, 3.8) is 0 Å². The lowest BCUT2D eigenvalue weighted by Crippen LogP contribution is -2.14. The lowest BCUT2D eigenvalue weighted by molar-refractivity contribution is -0.119. The molecule has 0 bridgehead atoms. The van der Waals surface area contributed by atoms with Crippen molar-refractivity contribution in [3.05, 3.63) is 29.1 Å². The van der Waals surface area contributed by atoms with Crippen molar-refractivity contribution in [2.75, 3.05) is 7.11 Å². The van der Waals surface area contributed by atoms with Crippen molar-refractivity contribution in [1.82, 2.24) is 0 Å². The number of halogens is 1. The predicted octanol–water partition coefficient (Wildman–Crippen LogP) is 1.29. The van der Waals surface area contributed by atoms with E-state index in [-0.39, 0.29) is 28.7 Å². The maximum Gasteiger partial charge on any atom is 0.221 e. The summed E-state index contributed by atoms with van der Waals surface area (Å²) in [6, 6.07) is 4.82. The first-order chi connectivity index (χ1) is 8.10. The predicted molar refractivity (Wildman–Crippen MR) is 57.7 cm³/mol. The highest BCUT2D eigenvalue weighted by molar-refractivity contribution is 5.81. The quantitative estimate of drug-likeness (QED) is 0.856. The second-order valence-electron chi connectivity index (χ2n) is 4.01. The number of nitrogens with two attached hydrogens (primary N) is 1. The number of benzene rings is 1. The Kier molecular flexibility index (Phi) is 2.72. The number of nitrogens with zero attached hydrogens (tertiary/aromatic N) is 1. The van der Waals surface area contributed by atoms with Gasteiger partial charge in [0, 0.05) is 17.4 Å². The molecule has 2 N–H and O–H groups in total. The Labute approximate surface area is 97.8 Å². The fourth-order valence-corrected chi connectivity index (χ4v) is 2.02. The topological polar surface area (TPSA) is 76.1 Å². The molecule has 88 valence electrons. The molecule has 1 aliphatic carbocycles. The minimum absolute atomic E-state index is 0.0779. The van der Waals surface area contributed by atoms with Crippen LogP contribution in [0.3, 0.4) is 0 Å². The molecule has 2 unspecified atom stereocenters. The normalized spacial score (nSPS) is 21.7. The van der Waals surface area contributed by atoms with Gasteiger partial charge in [-0.05, 0) is 18.6 Å². The number of methoxy groups -OCH3 is 1. The van der Waals surface area contributed by atoms with Crippen molar-refractivity contribution in [2.24, 2.45) is 11.7 Å². The number of carbonyl (C=O) groups is 1. The molecule has 0 heterocycles. The zero-order chi connectivity index (χ0) is 12.6. The molecule has 1 aromatic carbocycles. The van der Waals surface area contributed by atoms with Gasteiger partial charge in [0.15, 0.2) is 11.6 Å². The summed E-state index contributed by atoms with van der Waals surface area (Å²) >= 11 is 0. The van der Waals surface area contributed by atoms with E-state index in [0.717, 1.165) is 0 Å². The summed E-state index contributed by atoms with van der Waals surface area (Å²) in [6.07, 6.45) is 0.494. The molecule has 0 spiro atoms. The number of hydrogen-bond donors (Lipinski definition) is 1. The Balaban J connectivity index is 2.46. The highest BCUT2D eigenvalue weighted by Gasteiger charge is 2.45. The molecule has 0 radical (unpaired) electrons. The summed E-state index contributed by atoms with van der Waals surface area (Å²) in [6.45, 7) is 0. The molecule has 5 heteroatoms. The van der Waals surface area contributed by atoms with Crippen LogP contribution in [-0.4, -0.2) is 13.0 Å². The minimum atomic E-state index is -0.569. The summed E-state index contributed by atoms with van der Waals surface area (Å²) in [5, 5.41) is 8.93. The molecule has 1 saturated carbocycles. The molecule has 0 aromatic heterocycles. The largest absolute Gasteiger partial charge is 0.494 e. The van der Waals surface area contributed by atoms with Crippen molar-refractivity contribution in [3.8, 4) is 11.8 Å². The third-order valence-electron chi connectivity index (χ3n) is 3.01. The van der Waals surface area contributed by atoms with Gasteiger partial charge in [-0.1, -0.05) is 0 Å². The Bertz CT molecular complexity index is 522. The molecule has 2 atom stereocenters. The summed E-state index contributed by atoms with van der Waals surface area (Å²) in [4.78, 5) is 11.0. The first kappa shape index (κ1) is 11.4. The summed E-state index contributed by atoms with van der Waals surface area (Å²) in [5.41, 5.74) is 5.64. The molecular formula is C12H11FN2O2. The number of ether oxygens (including phenoxy) is 1. The third kappa shape index (κ3) is 1.82. The van der Waals surface area contributed by atoms with Gasteiger partial charge in [0.25, 0.3) is 0 Å². The number of primary amides is 1. The van der Waals surface area contributed by atoms with Crippen LogP contribution < -0.4 is 10.5 Å². The van der Waals surface area contributed by atoms with Gasteiger partial charge in [-0.3, -0.25) is 4.79 Å². The van der Waals surface area contributed by atoms with Crippen LogP contribution in [-0.2, 0) is 4.79 Å². The van der Waals surface area contributed by atoms with Crippen molar-refractivity contribution >= 4 is 5.91 Å². The van der Waals surface area contributed by atoms with Gasteiger partial charge in [0.05, 0.1) is 18.7 Å². The van der Waals surface area contributed by atoms with Crippen LogP contribution in [0.1, 0.15) is 23.5 Å². The van der Waals surface area contributed by atoms with Gasteiger partial charge in [0.2, 0.25) is 5.91 Å². The van der Waals surface area contributed by atoms with E-state index < -0.39 is 11.7 Å². The summed E-state index contributed by atoms with van der Waals surface area (Å²) in [7, 11) is 1.35. The van der Waals surface area contributed by atoms with E-state index in [1.54, 1.807) is 0 Å². The number of nitriles is 1. The molecule has 4 nitrogen and oxygen atoms in total. The van der Waals surface area contributed by atoms with Gasteiger partial charge in [-0.15, -0.1) is 0 Å². The van der Waals surface area contributed by atoms with E-state index in [2.05, 4.69) is 0 Å². The van der Waals surface area contributed by atoms with Gasteiger partial charge >= 0.3 is 0 Å². The van der Waals surface area contributed by atoms with Gasteiger partial charge in [0.1, 0.15) is 0 Å². The number of rotatable bonds is 3. The second kappa shape index (κ2) is 4.06. The maximum absolute atomic E-state index is 14.0. The number of amides is 1. The Hall–Kier alpha value is -2.09. The molecule has 2 rings (SSSR count).